The number of nitro benzene ring substituents is 1. The SMILES string of the molecule is CCCC1=C(C(=O)OCC)[C@H](c2ccc(C(C)C)cc2)n2c(s/c(=C\c3ccc(OCc4ccc([N+](=O)[O-])cc4)c(OC)c3)c2=O)=N1. The Hall–Kier alpha value is -5.03. The first-order valence-corrected chi connectivity index (χ1v) is 16.3. The molecule has 1 atom stereocenters. The van der Waals surface area contributed by atoms with Gasteiger partial charge in [-0.1, -0.05) is 68.9 Å². The number of carbonyl (C=O) groups is 1. The summed E-state index contributed by atoms with van der Waals surface area (Å²) in [7, 11) is 1.53. The van der Waals surface area contributed by atoms with Gasteiger partial charge >= 0.3 is 5.97 Å². The van der Waals surface area contributed by atoms with Crippen molar-refractivity contribution in [3.05, 3.63) is 130 Å². The third-order valence-corrected chi connectivity index (χ3v) is 8.82. The lowest BCUT2D eigenvalue weighted by molar-refractivity contribution is -0.384. The fraction of sp³-hybridized carbons (Fsp3) is 0.306. The minimum absolute atomic E-state index is 0.00928. The molecule has 5 rings (SSSR count). The van der Waals surface area contributed by atoms with Crippen molar-refractivity contribution < 1.29 is 23.9 Å². The van der Waals surface area contributed by atoms with E-state index in [0.29, 0.717) is 50.0 Å². The Balaban J connectivity index is 1.54. The molecule has 0 aliphatic carbocycles. The molecule has 4 aromatic rings. The summed E-state index contributed by atoms with van der Waals surface area (Å²) in [6.07, 6.45) is 3.12. The number of ether oxygens (including phenoxy) is 3. The molecule has 244 valence electrons. The van der Waals surface area contributed by atoms with Gasteiger partial charge in [0, 0.05) is 12.1 Å². The number of methoxy groups -OCH3 is 1. The number of fused-ring (bicyclic) bond motifs is 1. The largest absolute Gasteiger partial charge is 0.493 e. The first kappa shape index (κ1) is 33.3. The van der Waals surface area contributed by atoms with Gasteiger partial charge < -0.3 is 14.2 Å². The van der Waals surface area contributed by atoms with Crippen molar-refractivity contribution in [3.63, 3.8) is 0 Å². The van der Waals surface area contributed by atoms with Gasteiger partial charge in [0.1, 0.15) is 6.61 Å². The molecule has 1 aliphatic rings. The molecule has 0 spiro atoms. The number of esters is 1. The predicted octanol–water partition coefficient (Wildman–Crippen LogP) is 6.20. The summed E-state index contributed by atoms with van der Waals surface area (Å²) in [6, 6.07) is 18.8. The number of rotatable bonds is 12. The maximum absolute atomic E-state index is 14.1. The first-order valence-electron chi connectivity index (χ1n) is 15.5. The second-order valence-electron chi connectivity index (χ2n) is 11.4. The second-order valence-corrected chi connectivity index (χ2v) is 12.4. The smallest absolute Gasteiger partial charge is 0.338 e. The molecule has 0 bridgehead atoms. The number of hydrogen-bond donors (Lipinski definition) is 0. The molecule has 0 unspecified atom stereocenters. The van der Waals surface area contributed by atoms with Gasteiger partial charge in [-0.2, -0.15) is 0 Å². The van der Waals surface area contributed by atoms with Crippen LogP contribution in [-0.4, -0.2) is 29.2 Å². The van der Waals surface area contributed by atoms with Crippen LogP contribution < -0.4 is 24.4 Å². The van der Waals surface area contributed by atoms with Crippen molar-refractivity contribution >= 4 is 29.1 Å². The monoisotopic (exact) mass is 655 g/mol. The van der Waals surface area contributed by atoms with Crippen LogP contribution in [0, 0.1) is 10.1 Å². The first-order chi connectivity index (χ1) is 22.6. The Kier molecular flexibility index (Phi) is 10.4. The summed E-state index contributed by atoms with van der Waals surface area (Å²) in [5.41, 5.74) is 4.22. The van der Waals surface area contributed by atoms with Crippen molar-refractivity contribution in [1.82, 2.24) is 4.57 Å². The van der Waals surface area contributed by atoms with E-state index in [9.17, 15) is 19.7 Å². The molecule has 11 heteroatoms. The lowest BCUT2D eigenvalue weighted by Gasteiger charge is -2.26. The average molecular weight is 656 g/mol. The fourth-order valence-corrected chi connectivity index (χ4v) is 6.44. The van der Waals surface area contributed by atoms with Gasteiger partial charge in [-0.3, -0.25) is 19.5 Å². The van der Waals surface area contributed by atoms with Gasteiger partial charge in [0.15, 0.2) is 16.3 Å². The van der Waals surface area contributed by atoms with E-state index in [4.69, 9.17) is 19.2 Å². The molecule has 1 aliphatic heterocycles. The number of thiazole rings is 1. The van der Waals surface area contributed by atoms with Crippen molar-refractivity contribution in [1.29, 1.82) is 0 Å². The van der Waals surface area contributed by atoms with Gasteiger partial charge in [-0.15, -0.1) is 0 Å². The Bertz CT molecular complexity index is 1990. The predicted molar refractivity (Wildman–Crippen MR) is 181 cm³/mol. The molecule has 0 fully saturated rings. The van der Waals surface area contributed by atoms with Gasteiger partial charge in [-0.25, -0.2) is 9.79 Å². The molecule has 3 aromatic carbocycles. The van der Waals surface area contributed by atoms with Gasteiger partial charge in [0.2, 0.25) is 0 Å². The van der Waals surface area contributed by atoms with Crippen LogP contribution in [0.25, 0.3) is 6.08 Å². The molecule has 47 heavy (non-hydrogen) atoms. The van der Waals surface area contributed by atoms with Gasteiger partial charge in [0.25, 0.3) is 11.2 Å². The summed E-state index contributed by atoms with van der Waals surface area (Å²) in [6.45, 7) is 8.43. The van der Waals surface area contributed by atoms with E-state index < -0.39 is 16.9 Å². The Morgan fingerprint density at radius 2 is 1.79 bits per heavy atom. The number of benzene rings is 3. The molecular formula is C36H37N3O7S. The quantitative estimate of drug-likeness (QED) is 0.101. The molecule has 0 amide bonds. The van der Waals surface area contributed by atoms with E-state index in [1.807, 2.05) is 37.3 Å². The Labute approximate surface area is 276 Å². The highest BCUT2D eigenvalue weighted by Gasteiger charge is 2.34. The molecule has 1 aromatic heterocycles. The zero-order chi connectivity index (χ0) is 33.7. The average Bonchev–Trinajstić information content (AvgIpc) is 3.37. The molecule has 10 nitrogen and oxygen atoms in total. The highest BCUT2D eigenvalue weighted by atomic mass is 32.1. The van der Waals surface area contributed by atoms with Crippen LogP contribution in [-0.2, 0) is 16.1 Å². The molecule has 0 radical (unpaired) electrons. The summed E-state index contributed by atoms with van der Waals surface area (Å²) in [5.74, 6) is 0.808. The highest BCUT2D eigenvalue weighted by Crippen LogP contribution is 2.34. The van der Waals surface area contributed by atoms with Gasteiger partial charge in [-0.05, 0) is 71.9 Å². The van der Waals surface area contributed by atoms with E-state index in [0.717, 1.165) is 23.1 Å². The van der Waals surface area contributed by atoms with Crippen LogP contribution in [0.4, 0.5) is 5.69 Å². The highest BCUT2D eigenvalue weighted by molar-refractivity contribution is 7.07. The molecule has 2 heterocycles. The molecular weight excluding hydrogens is 618 g/mol. The van der Waals surface area contributed by atoms with Crippen molar-refractivity contribution in [2.75, 3.05) is 13.7 Å². The van der Waals surface area contributed by atoms with Crippen molar-refractivity contribution in [3.8, 4) is 11.5 Å². The van der Waals surface area contributed by atoms with Crippen LogP contribution in [0.15, 0.2) is 87.8 Å². The van der Waals surface area contributed by atoms with E-state index in [1.54, 1.807) is 41.8 Å². The molecule has 0 saturated heterocycles. The summed E-state index contributed by atoms with van der Waals surface area (Å²) >= 11 is 1.27. The number of hydrogen-bond acceptors (Lipinski definition) is 9. The van der Waals surface area contributed by atoms with Crippen LogP contribution in [0.2, 0.25) is 0 Å². The number of nitro groups is 1. The van der Waals surface area contributed by atoms with Gasteiger partial charge in [0.05, 0.1) is 40.5 Å². The van der Waals surface area contributed by atoms with Crippen LogP contribution in [0.5, 0.6) is 11.5 Å². The number of nitrogens with zero attached hydrogens (tertiary/aromatic N) is 3. The summed E-state index contributed by atoms with van der Waals surface area (Å²) in [4.78, 5) is 43.4. The van der Waals surface area contributed by atoms with E-state index in [1.165, 1.54) is 30.6 Å². The minimum Gasteiger partial charge on any atom is -0.493 e. The van der Waals surface area contributed by atoms with E-state index in [-0.39, 0.29) is 24.5 Å². The third kappa shape index (κ3) is 7.20. The standard InChI is InChI=1S/C36H37N3O7S/c1-6-8-28-32(35(41)45-7-2)33(26-14-12-25(13-15-26)22(3)4)38-34(40)31(47-36(38)37-28)20-24-11-18-29(30(19-24)44-5)46-21-23-9-16-27(17-10-23)39(42)43/h9-20,22,33H,6-8,21H2,1-5H3/b31-20-/t33-/m0/s1. The maximum atomic E-state index is 14.1. The number of non-ortho nitro benzene ring substituents is 1. The van der Waals surface area contributed by atoms with Crippen LogP contribution in [0.3, 0.4) is 0 Å². The van der Waals surface area contributed by atoms with E-state index in [2.05, 4.69) is 13.8 Å². The van der Waals surface area contributed by atoms with E-state index >= 15 is 0 Å². The topological polar surface area (TPSA) is 122 Å². The fourth-order valence-electron chi connectivity index (χ4n) is 5.42. The van der Waals surface area contributed by atoms with Crippen molar-refractivity contribution in [2.24, 2.45) is 4.99 Å². The summed E-state index contributed by atoms with van der Waals surface area (Å²) < 4.78 is 19.1. The number of aromatic nitrogens is 1. The minimum atomic E-state index is -0.681. The van der Waals surface area contributed by atoms with Crippen LogP contribution >= 0.6 is 11.3 Å². The lowest BCUT2D eigenvalue weighted by Crippen LogP contribution is -2.40. The third-order valence-electron chi connectivity index (χ3n) is 7.84. The maximum Gasteiger partial charge on any atom is 0.338 e. The van der Waals surface area contributed by atoms with Crippen molar-refractivity contribution in [2.45, 2.75) is 59.1 Å². The summed E-state index contributed by atoms with van der Waals surface area (Å²) in [5, 5.41) is 10.9. The second kappa shape index (κ2) is 14.6. The normalized spacial score (nSPS) is 14.5. The lowest BCUT2D eigenvalue weighted by atomic mass is 9.92. The zero-order valence-corrected chi connectivity index (χ0v) is 27.8. The number of allylic oxidation sites excluding steroid dienone is 1. The molecule has 0 N–H and O–H groups in total. The number of carbonyl (C=O) groups excluding carboxylic acids is 1. The van der Waals surface area contributed by atoms with Crippen LogP contribution in [0.1, 0.15) is 74.8 Å². The Morgan fingerprint density at radius 1 is 1.06 bits per heavy atom. The molecule has 0 saturated carbocycles. The Morgan fingerprint density at radius 3 is 2.40 bits per heavy atom. The zero-order valence-electron chi connectivity index (χ0n) is 27.0.